The molecule has 0 unspecified atom stereocenters. The van der Waals surface area contributed by atoms with E-state index in [1.165, 1.54) is 4.31 Å². The SMILES string of the molecule is CCN(CC)S(=O)(=O)NCCc1cccc(Cl)c1. The Morgan fingerprint density at radius 2 is 1.94 bits per heavy atom. The van der Waals surface area contributed by atoms with Gasteiger partial charge in [0.05, 0.1) is 0 Å². The quantitative estimate of drug-likeness (QED) is 0.836. The summed E-state index contributed by atoms with van der Waals surface area (Å²) < 4.78 is 27.7. The van der Waals surface area contributed by atoms with Crippen molar-refractivity contribution >= 4 is 21.8 Å². The molecular formula is C12H19ClN2O2S. The van der Waals surface area contributed by atoms with E-state index in [1.807, 2.05) is 32.0 Å². The molecule has 0 atom stereocenters. The molecule has 0 aliphatic rings. The van der Waals surface area contributed by atoms with Crippen LogP contribution >= 0.6 is 11.6 Å². The Balaban J connectivity index is 2.51. The molecule has 0 spiro atoms. The van der Waals surface area contributed by atoms with Crippen LogP contribution in [0.5, 0.6) is 0 Å². The Hall–Kier alpha value is -0.620. The van der Waals surface area contributed by atoms with E-state index in [9.17, 15) is 8.42 Å². The Morgan fingerprint density at radius 1 is 1.28 bits per heavy atom. The van der Waals surface area contributed by atoms with Gasteiger partial charge in [0.25, 0.3) is 10.2 Å². The second-order valence-electron chi connectivity index (χ2n) is 3.86. The van der Waals surface area contributed by atoms with Gasteiger partial charge in [0.1, 0.15) is 0 Å². The van der Waals surface area contributed by atoms with E-state index >= 15 is 0 Å². The minimum Gasteiger partial charge on any atom is -0.202 e. The van der Waals surface area contributed by atoms with Crippen molar-refractivity contribution in [2.24, 2.45) is 0 Å². The fourth-order valence-electron chi connectivity index (χ4n) is 1.67. The van der Waals surface area contributed by atoms with Gasteiger partial charge >= 0.3 is 0 Å². The Kier molecular flexibility index (Phi) is 6.08. The highest BCUT2D eigenvalue weighted by molar-refractivity contribution is 7.87. The van der Waals surface area contributed by atoms with Crippen LogP contribution in [0.25, 0.3) is 0 Å². The molecule has 1 aromatic carbocycles. The fourth-order valence-corrected chi connectivity index (χ4v) is 3.11. The average Bonchev–Trinajstić information content (AvgIpc) is 2.30. The van der Waals surface area contributed by atoms with Gasteiger partial charge in [-0.2, -0.15) is 12.7 Å². The summed E-state index contributed by atoms with van der Waals surface area (Å²) in [5, 5.41) is 0.666. The Labute approximate surface area is 114 Å². The van der Waals surface area contributed by atoms with Crippen LogP contribution in [0.2, 0.25) is 5.02 Å². The van der Waals surface area contributed by atoms with Gasteiger partial charge in [0, 0.05) is 24.7 Å². The summed E-state index contributed by atoms with van der Waals surface area (Å²) in [6.07, 6.45) is 0.626. The second kappa shape index (κ2) is 7.09. The largest absolute Gasteiger partial charge is 0.279 e. The van der Waals surface area contributed by atoms with Gasteiger partial charge in [0.2, 0.25) is 0 Å². The zero-order valence-corrected chi connectivity index (χ0v) is 12.3. The van der Waals surface area contributed by atoms with E-state index in [-0.39, 0.29) is 0 Å². The molecule has 0 saturated heterocycles. The molecule has 1 aromatic rings. The molecule has 0 fully saturated rings. The zero-order valence-electron chi connectivity index (χ0n) is 10.7. The molecule has 0 radical (unpaired) electrons. The van der Waals surface area contributed by atoms with Crippen molar-refractivity contribution in [3.8, 4) is 0 Å². The number of hydrogen-bond donors (Lipinski definition) is 1. The normalized spacial score (nSPS) is 12.0. The highest BCUT2D eigenvalue weighted by Crippen LogP contribution is 2.10. The molecule has 0 bridgehead atoms. The minimum absolute atomic E-state index is 0.374. The van der Waals surface area contributed by atoms with Crippen molar-refractivity contribution in [3.63, 3.8) is 0 Å². The molecule has 4 nitrogen and oxygen atoms in total. The zero-order chi connectivity index (χ0) is 13.6. The first-order valence-electron chi connectivity index (χ1n) is 5.98. The molecule has 1 N–H and O–H groups in total. The van der Waals surface area contributed by atoms with Gasteiger partial charge in [0.15, 0.2) is 0 Å². The molecule has 0 amide bonds. The summed E-state index contributed by atoms with van der Waals surface area (Å²) in [6.45, 7) is 4.96. The van der Waals surface area contributed by atoms with E-state index in [4.69, 9.17) is 11.6 Å². The third kappa shape index (κ3) is 4.57. The van der Waals surface area contributed by atoms with Crippen molar-refractivity contribution in [2.45, 2.75) is 20.3 Å². The van der Waals surface area contributed by atoms with Crippen molar-refractivity contribution in [2.75, 3.05) is 19.6 Å². The van der Waals surface area contributed by atoms with E-state index in [2.05, 4.69) is 4.72 Å². The van der Waals surface area contributed by atoms with Crippen molar-refractivity contribution in [1.82, 2.24) is 9.03 Å². The molecule has 6 heteroatoms. The predicted molar refractivity (Wildman–Crippen MR) is 75.0 cm³/mol. The van der Waals surface area contributed by atoms with Crippen LogP contribution in [0.3, 0.4) is 0 Å². The first-order chi connectivity index (χ1) is 8.49. The van der Waals surface area contributed by atoms with Crippen LogP contribution in [-0.4, -0.2) is 32.4 Å². The number of rotatable bonds is 7. The maximum Gasteiger partial charge on any atom is 0.279 e. The summed E-state index contributed by atoms with van der Waals surface area (Å²) in [6, 6.07) is 7.42. The van der Waals surface area contributed by atoms with Gasteiger partial charge in [-0.3, -0.25) is 0 Å². The number of halogens is 1. The van der Waals surface area contributed by atoms with Crippen LogP contribution in [-0.2, 0) is 16.6 Å². The van der Waals surface area contributed by atoms with E-state index < -0.39 is 10.2 Å². The lowest BCUT2D eigenvalue weighted by Gasteiger charge is -2.18. The van der Waals surface area contributed by atoms with Crippen molar-refractivity contribution in [1.29, 1.82) is 0 Å². The molecule has 1 rings (SSSR count). The first-order valence-corrected chi connectivity index (χ1v) is 7.80. The summed E-state index contributed by atoms with van der Waals surface area (Å²) in [7, 11) is -3.35. The lowest BCUT2D eigenvalue weighted by atomic mass is 10.2. The van der Waals surface area contributed by atoms with Gasteiger partial charge in [-0.1, -0.05) is 37.6 Å². The Bertz CT molecular complexity index is 473. The maximum absolute atomic E-state index is 11.8. The third-order valence-electron chi connectivity index (χ3n) is 2.63. The first kappa shape index (κ1) is 15.4. The molecule has 102 valence electrons. The predicted octanol–water partition coefficient (Wildman–Crippen LogP) is 2.06. The lowest BCUT2D eigenvalue weighted by molar-refractivity contribution is 0.435. The average molecular weight is 291 g/mol. The highest BCUT2D eigenvalue weighted by Gasteiger charge is 2.17. The van der Waals surface area contributed by atoms with Crippen LogP contribution in [0.1, 0.15) is 19.4 Å². The second-order valence-corrected chi connectivity index (χ2v) is 6.06. The number of hydrogen-bond acceptors (Lipinski definition) is 2. The van der Waals surface area contributed by atoms with Crippen molar-refractivity contribution < 1.29 is 8.42 Å². The Morgan fingerprint density at radius 3 is 2.50 bits per heavy atom. The standard InChI is InChI=1S/C12H19ClN2O2S/c1-3-15(4-2)18(16,17)14-9-8-11-6-5-7-12(13)10-11/h5-7,10,14H,3-4,8-9H2,1-2H3. The van der Waals surface area contributed by atoms with Crippen LogP contribution in [0, 0.1) is 0 Å². The smallest absolute Gasteiger partial charge is 0.202 e. The minimum atomic E-state index is -3.35. The van der Waals surface area contributed by atoms with Crippen LogP contribution in [0.15, 0.2) is 24.3 Å². The summed E-state index contributed by atoms with van der Waals surface area (Å²) in [5.41, 5.74) is 1.02. The molecule has 0 saturated carbocycles. The van der Waals surface area contributed by atoms with Crippen LogP contribution in [0.4, 0.5) is 0 Å². The highest BCUT2D eigenvalue weighted by atomic mass is 35.5. The lowest BCUT2D eigenvalue weighted by Crippen LogP contribution is -2.41. The third-order valence-corrected chi connectivity index (χ3v) is 4.63. The molecule has 0 aliphatic heterocycles. The number of nitrogens with one attached hydrogen (secondary N) is 1. The van der Waals surface area contributed by atoms with E-state index in [0.717, 1.165) is 5.56 Å². The molecule has 0 aliphatic carbocycles. The van der Waals surface area contributed by atoms with E-state index in [1.54, 1.807) is 6.07 Å². The molecule has 0 heterocycles. The molecule has 18 heavy (non-hydrogen) atoms. The van der Waals surface area contributed by atoms with E-state index in [0.29, 0.717) is 31.1 Å². The monoisotopic (exact) mass is 290 g/mol. The summed E-state index contributed by atoms with van der Waals surface area (Å²) >= 11 is 5.86. The van der Waals surface area contributed by atoms with Gasteiger partial charge in [-0.05, 0) is 24.1 Å². The van der Waals surface area contributed by atoms with Gasteiger partial charge in [-0.25, -0.2) is 4.72 Å². The van der Waals surface area contributed by atoms with Gasteiger partial charge in [-0.15, -0.1) is 0 Å². The topological polar surface area (TPSA) is 49.4 Å². The number of benzene rings is 1. The van der Waals surface area contributed by atoms with Gasteiger partial charge < -0.3 is 0 Å². The van der Waals surface area contributed by atoms with Crippen molar-refractivity contribution in [3.05, 3.63) is 34.9 Å². The summed E-state index contributed by atoms with van der Waals surface area (Å²) in [4.78, 5) is 0. The molecular weight excluding hydrogens is 272 g/mol. The van der Waals surface area contributed by atoms with Crippen LogP contribution < -0.4 is 4.72 Å². The maximum atomic E-state index is 11.8. The molecule has 0 aromatic heterocycles. The number of nitrogens with zero attached hydrogens (tertiary/aromatic N) is 1. The fraction of sp³-hybridized carbons (Fsp3) is 0.500. The summed E-state index contributed by atoms with van der Waals surface area (Å²) in [5.74, 6) is 0.